The van der Waals surface area contributed by atoms with Crippen molar-refractivity contribution < 1.29 is 19.1 Å². The van der Waals surface area contributed by atoms with Gasteiger partial charge in [0, 0.05) is 48.4 Å². The molecule has 2 aliphatic heterocycles. The van der Waals surface area contributed by atoms with Crippen LogP contribution in [0.5, 0.6) is 5.75 Å². The summed E-state index contributed by atoms with van der Waals surface area (Å²) in [6.07, 6.45) is 5.91. The zero-order valence-electron chi connectivity index (χ0n) is 16.7. The van der Waals surface area contributed by atoms with Crippen LogP contribution in [0.1, 0.15) is 44.1 Å². The van der Waals surface area contributed by atoms with Gasteiger partial charge in [-0.25, -0.2) is 4.79 Å². The van der Waals surface area contributed by atoms with E-state index in [1.165, 1.54) is 0 Å². The molecule has 1 aromatic carbocycles. The van der Waals surface area contributed by atoms with E-state index in [0.29, 0.717) is 30.4 Å². The lowest BCUT2D eigenvalue weighted by Crippen LogP contribution is -2.31. The van der Waals surface area contributed by atoms with Gasteiger partial charge in [0.05, 0.1) is 18.4 Å². The Kier molecular flexibility index (Phi) is 5.34. The number of dihydropyridines is 1. The number of benzene rings is 1. The maximum Gasteiger partial charge on any atom is 0.336 e. The van der Waals surface area contributed by atoms with Crippen molar-refractivity contribution in [1.29, 1.82) is 0 Å². The summed E-state index contributed by atoms with van der Waals surface area (Å²) in [4.78, 5) is 29.6. The standard InChI is InChI=1S/C23H24N2O4/c1-14-18(23(27)29-13-16-6-5-9-24-16)12-19-20(25-14)10-15(11-21(19)26)17-7-3-4-8-22(17)28-2/h3-4,6-9,15,25H,5,10-13H2,1-2H3/t15-/m1/s1. The molecule has 0 radical (unpaired) electrons. The van der Waals surface area contributed by atoms with Gasteiger partial charge in [-0.3, -0.25) is 9.79 Å². The lowest BCUT2D eigenvalue weighted by atomic mass is 9.78. The summed E-state index contributed by atoms with van der Waals surface area (Å²) in [7, 11) is 1.64. The van der Waals surface area contributed by atoms with E-state index in [1.54, 1.807) is 13.3 Å². The molecule has 1 atom stereocenters. The topological polar surface area (TPSA) is 77.0 Å². The molecule has 0 aromatic heterocycles. The quantitative estimate of drug-likeness (QED) is 0.776. The van der Waals surface area contributed by atoms with E-state index in [-0.39, 0.29) is 18.3 Å². The highest BCUT2D eigenvalue weighted by atomic mass is 16.5. The third-order valence-corrected chi connectivity index (χ3v) is 5.62. The van der Waals surface area contributed by atoms with Crippen molar-refractivity contribution in [1.82, 2.24) is 5.32 Å². The smallest absolute Gasteiger partial charge is 0.336 e. The molecule has 4 rings (SSSR count). The molecule has 0 unspecified atom stereocenters. The Morgan fingerprint density at radius 3 is 2.86 bits per heavy atom. The highest BCUT2D eigenvalue weighted by Gasteiger charge is 2.34. The van der Waals surface area contributed by atoms with E-state index >= 15 is 0 Å². The second kappa shape index (κ2) is 8.07. The van der Waals surface area contributed by atoms with E-state index in [4.69, 9.17) is 9.47 Å². The average molecular weight is 392 g/mol. The van der Waals surface area contributed by atoms with Gasteiger partial charge in [0.1, 0.15) is 12.4 Å². The van der Waals surface area contributed by atoms with Crippen LogP contribution in [0.15, 0.2) is 63.6 Å². The summed E-state index contributed by atoms with van der Waals surface area (Å²) in [6, 6.07) is 7.82. The minimum absolute atomic E-state index is 0.0540. The Labute approximate surface area is 170 Å². The first-order chi connectivity index (χ1) is 14.1. The minimum atomic E-state index is -0.399. The van der Waals surface area contributed by atoms with E-state index in [2.05, 4.69) is 10.3 Å². The van der Waals surface area contributed by atoms with Crippen LogP contribution in [-0.2, 0) is 14.3 Å². The third kappa shape index (κ3) is 3.88. The van der Waals surface area contributed by atoms with Gasteiger partial charge in [-0.1, -0.05) is 24.3 Å². The normalized spacial score (nSPS) is 21.0. The first-order valence-corrected chi connectivity index (χ1v) is 9.80. The van der Waals surface area contributed by atoms with Crippen LogP contribution in [0.4, 0.5) is 0 Å². The summed E-state index contributed by atoms with van der Waals surface area (Å²) in [5.41, 5.74) is 4.63. The monoisotopic (exact) mass is 392 g/mol. The zero-order valence-corrected chi connectivity index (χ0v) is 16.7. The fourth-order valence-corrected chi connectivity index (χ4v) is 4.08. The van der Waals surface area contributed by atoms with Crippen molar-refractivity contribution in [2.75, 3.05) is 13.7 Å². The fraction of sp³-hybridized carbons (Fsp3) is 0.348. The molecule has 2 heterocycles. The van der Waals surface area contributed by atoms with Crippen molar-refractivity contribution in [3.63, 3.8) is 0 Å². The Morgan fingerprint density at radius 1 is 1.28 bits per heavy atom. The molecule has 150 valence electrons. The maximum absolute atomic E-state index is 12.9. The number of nitrogens with one attached hydrogen (secondary N) is 1. The molecule has 0 fully saturated rings. The molecule has 0 saturated carbocycles. The molecule has 1 aliphatic carbocycles. The zero-order chi connectivity index (χ0) is 20.4. The summed E-state index contributed by atoms with van der Waals surface area (Å²) in [6.45, 7) is 2.01. The van der Waals surface area contributed by atoms with E-state index in [9.17, 15) is 9.59 Å². The number of para-hydroxylation sites is 1. The Morgan fingerprint density at radius 2 is 2.10 bits per heavy atom. The SMILES string of the molecule is COc1ccccc1[C@H]1CC(=O)C2=C(C1)NC(C)=C(C(=O)OCC1=CCC=N1)C2. The number of carbonyl (C=O) groups is 2. The number of methoxy groups -OCH3 is 1. The van der Waals surface area contributed by atoms with E-state index < -0.39 is 5.97 Å². The number of hydrogen-bond acceptors (Lipinski definition) is 6. The van der Waals surface area contributed by atoms with Gasteiger partial charge < -0.3 is 14.8 Å². The first kappa shape index (κ1) is 19.2. The summed E-state index contributed by atoms with van der Waals surface area (Å²) in [5.74, 6) is 0.517. The molecule has 6 nitrogen and oxygen atoms in total. The van der Waals surface area contributed by atoms with Gasteiger partial charge in [-0.05, 0) is 25.0 Å². The number of nitrogens with zero attached hydrogens (tertiary/aromatic N) is 1. The number of rotatable bonds is 5. The number of hydrogen-bond donors (Lipinski definition) is 1. The highest BCUT2D eigenvalue weighted by molar-refractivity contribution is 6.01. The molecule has 0 spiro atoms. The Hall–Kier alpha value is -3.15. The summed E-state index contributed by atoms with van der Waals surface area (Å²) in [5, 5.41) is 3.30. The number of aliphatic imine (C=N–C) groups is 1. The highest BCUT2D eigenvalue weighted by Crippen LogP contribution is 2.41. The average Bonchev–Trinajstić information content (AvgIpc) is 3.25. The minimum Gasteiger partial charge on any atom is -0.496 e. The molecular weight excluding hydrogens is 368 g/mol. The Bertz CT molecular complexity index is 984. The maximum atomic E-state index is 12.9. The molecule has 29 heavy (non-hydrogen) atoms. The summed E-state index contributed by atoms with van der Waals surface area (Å²) < 4.78 is 10.9. The van der Waals surface area contributed by atoms with E-state index in [0.717, 1.165) is 34.8 Å². The Balaban J connectivity index is 1.49. The van der Waals surface area contributed by atoms with Gasteiger partial charge in [-0.2, -0.15) is 0 Å². The van der Waals surface area contributed by atoms with Gasteiger partial charge in [0.2, 0.25) is 0 Å². The number of carbonyl (C=O) groups excluding carboxylic acids is 2. The molecular formula is C23H24N2O4. The van der Waals surface area contributed by atoms with Crippen LogP contribution >= 0.6 is 0 Å². The fourth-order valence-electron chi connectivity index (χ4n) is 4.08. The predicted octanol–water partition coefficient (Wildman–Crippen LogP) is 3.56. The number of esters is 1. The second-order valence-electron chi connectivity index (χ2n) is 7.45. The van der Waals surface area contributed by atoms with Crippen LogP contribution < -0.4 is 10.1 Å². The molecule has 1 aromatic rings. The summed E-state index contributed by atoms with van der Waals surface area (Å²) >= 11 is 0. The van der Waals surface area contributed by atoms with Gasteiger partial charge in [-0.15, -0.1) is 0 Å². The van der Waals surface area contributed by atoms with Gasteiger partial charge >= 0.3 is 5.97 Å². The number of allylic oxidation sites excluding steroid dienone is 4. The molecule has 3 aliphatic rings. The van der Waals surface area contributed by atoms with Crippen molar-refractivity contribution in [2.24, 2.45) is 4.99 Å². The predicted molar refractivity (Wildman–Crippen MR) is 110 cm³/mol. The first-order valence-electron chi connectivity index (χ1n) is 9.80. The van der Waals surface area contributed by atoms with Crippen LogP contribution in [0.25, 0.3) is 0 Å². The van der Waals surface area contributed by atoms with Crippen molar-refractivity contribution >= 4 is 18.0 Å². The lowest BCUT2D eigenvalue weighted by Gasteiger charge is -2.32. The molecule has 0 bridgehead atoms. The number of ketones is 1. The van der Waals surface area contributed by atoms with E-state index in [1.807, 2.05) is 37.3 Å². The van der Waals surface area contributed by atoms with Crippen LogP contribution in [0, 0.1) is 0 Å². The molecule has 0 amide bonds. The molecule has 1 N–H and O–H groups in total. The van der Waals surface area contributed by atoms with Crippen LogP contribution in [-0.4, -0.2) is 31.7 Å². The molecule has 0 saturated heterocycles. The van der Waals surface area contributed by atoms with Crippen molar-refractivity contribution in [3.05, 3.63) is 64.1 Å². The van der Waals surface area contributed by atoms with Crippen molar-refractivity contribution in [2.45, 2.75) is 38.5 Å². The molecule has 6 heteroatoms. The number of Topliss-reactive ketones (excluding diaryl/α,β-unsaturated/α-hetero) is 1. The lowest BCUT2D eigenvalue weighted by molar-refractivity contribution is -0.138. The largest absolute Gasteiger partial charge is 0.496 e. The number of ether oxygens (including phenoxy) is 2. The third-order valence-electron chi connectivity index (χ3n) is 5.62. The van der Waals surface area contributed by atoms with Crippen LogP contribution in [0.3, 0.4) is 0 Å². The van der Waals surface area contributed by atoms with Gasteiger partial charge in [0.15, 0.2) is 5.78 Å². The van der Waals surface area contributed by atoms with Gasteiger partial charge in [0.25, 0.3) is 0 Å². The van der Waals surface area contributed by atoms with Crippen molar-refractivity contribution in [3.8, 4) is 5.75 Å². The second-order valence-corrected chi connectivity index (χ2v) is 7.45. The van der Waals surface area contributed by atoms with Crippen LogP contribution in [0.2, 0.25) is 0 Å².